The maximum absolute atomic E-state index is 11.7. The highest BCUT2D eigenvalue weighted by Gasteiger charge is 2.10. The predicted molar refractivity (Wildman–Crippen MR) is 104 cm³/mol. The van der Waals surface area contributed by atoms with Crippen molar-refractivity contribution in [3.05, 3.63) is 59.1 Å². The number of aromatic nitrogens is 1. The molecule has 5 heteroatoms. The van der Waals surface area contributed by atoms with Gasteiger partial charge in [-0.1, -0.05) is 47.1 Å². The second-order valence-electron chi connectivity index (χ2n) is 5.46. The van der Waals surface area contributed by atoms with Gasteiger partial charge >= 0.3 is 5.97 Å². The zero-order valence-corrected chi connectivity index (χ0v) is 15.6. The number of nitrogens with zero attached hydrogens (tertiary/aromatic N) is 2. The van der Waals surface area contributed by atoms with Crippen LogP contribution in [0.25, 0.3) is 22.2 Å². The van der Waals surface area contributed by atoms with Crippen molar-refractivity contribution < 1.29 is 9.53 Å². The quantitative estimate of drug-likeness (QED) is 0.442. The largest absolute Gasteiger partial charge is 0.465 e. The van der Waals surface area contributed by atoms with Crippen LogP contribution < -0.4 is 0 Å². The van der Waals surface area contributed by atoms with Gasteiger partial charge < -0.3 is 4.74 Å². The van der Waals surface area contributed by atoms with Crippen molar-refractivity contribution in [2.24, 2.45) is 4.99 Å². The fourth-order valence-electron chi connectivity index (χ4n) is 2.54. The van der Waals surface area contributed by atoms with E-state index in [-0.39, 0.29) is 0 Å². The Balaban J connectivity index is 2.01. The Morgan fingerprint density at radius 1 is 1.16 bits per heavy atom. The fraction of sp³-hybridized carbons (Fsp3) is 0.150. The molecule has 1 aromatic heterocycles. The first-order chi connectivity index (χ1) is 12.1. The lowest BCUT2D eigenvalue weighted by Gasteiger charge is -2.06. The van der Waals surface area contributed by atoms with Crippen LogP contribution in [0.4, 0.5) is 5.69 Å². The molecule has 0 aliphatic carbocycles. The third kappa shape index (κ3) is 3.77. The summed E-state index contributed by atoms with van der Waals surface area (Å²) in [7, 11) is 1.36. The van der Waals surface area contributed by atoms with Crippen LogP contribution in [0.3, 0.4) is 0 Å². The highest BCUT2D eigenvalue weighted by molar-refractivity contribution is 9.10. The lowest BCUT2D eigenvalue weighted by Crippen LogP contribution is -2.14. The molecule has 0 amide bonds. The summed E-state index contributed by atoms with van der Waals surface area (Å²) in [6, 6.07) is 17.7. The molecule has 0 aliphatic rings. The van der Waals surface area contributed by atoms with Crippen molar-refractivity contribution in [1.82, 2.24) is 4.98 Å². The third-order valence-electron chi connectivity index (χ3n) is 3.84. The van der Waals surface area contributed by atoms with Crippen molar-refractivity contribution in [2.45, 2.75) is 13.3 Å². The topological polar surface area (TPSA) is 51.5 Å². The van der Waals surface area contributed by atoms with E-state index < -0.39 is 5.97 Å². The van der Waals surface area contributed by atoms with Gasteiger partial charge in [-0.05, 0) is 36.8 Å². The summed E-state index contributed by atoms with van der Waals surface area (Å²) in [4.78, 5) is 20.8. The van der Waals surface area contributed by atoms with Crippen molar-refractivity contribution in [1.29, 1.82) is 0 Å². The van der Waals surface area contributed by atoms with E-state index in [1.165, 1.54) is 7.11 Å². The summed E-state index contributed by atoms with van der Waals surface area (Å²) < 4.78 is 5.76. The summed E-state index contributed by atoms with van der Waals surface area (Å²) in [5.41, 5.74) is 3.94. The highest BCUT2D eigenvalue weighted by atomic mass is 79.9. The summed E-state index contributed by atoms with van der Waals surface area (Å²) in [6.07, 6.45) is 0.518. The van der Waals surface area contributed by atoms with Crippen molar-refractivity contribution in [2.75, 3.05) is 7.11 Å². The Kier molecular flexibility index (Phi) is 5.24. The number of benzene rings is 2. The molecule has 126 valence electrons. The van der Waals surface area contributed by atoms with Crippen LogP contribution >= 0.6 is 15.9 Å². The second-order valence-corrected chi connectivity index (χ2v) is 6.31. The molecule has 0 fully saturated rings. The van der Waals surface area contributed by atoms with Crippen LogP contribution in [-0.2, 0) is 9.53 Å². The molecule has 1 heterocycles. The maximum Gasteiger partial charge on any atom is 0.352 e. The minimum Gasteiger partial charge on any atom is -0.465 e. The highest BCUT2D eigenvalue weighted by Crippen LogP contribution is 2.29. The number of methoxy groups -OCH3 is 1. The predicted octanol–water partition coefficient (Wildman–Crippen LogP) is 5.32. The molecular formula is C20H17BrN2O2. The monoisotopic (exact) mass is 396 g/mol. The number of aliphatic imine (C=N–C) groups is 1. The zero-order valence-electron chi connectivity index (χ0n) is 14.0. The molecule has 3 aromatic rings. The van der Waals surface area contributed by atoms with Crippen molar-refractivity contribution in [3.8, 4) is 11.3 Å². The minimum atomic E-state index is -0.398. The summed E-state index contributed by atoms with van der Waals surface area (Å²) >= 11 is 3.56. The van der Waals surface area contributed by atoms with Crippen LogP contribution in [0.5, 0.6) is 0 Å². The Bertz CT molecular complexity index is 967. The van der Waals surface area contributed by atoms with Crippen LogP contribution in [0.15, 0.2) is 64.1 Å². The molecule has 0 radical (unpaired) electrons. The van der Waals surface area contributed by atoms with Gasteiger partial charge in [-0.3, -0.25) is 0 Å². The van der Waals surface area contributed by atoms with Gasteiger partial charge in [-0.2, -0.15) is 0 Å². The minimum absolute atomic E-state index is 0.398. The normalized spacial score (nSPS) is 11.6. The van der Waals surface area contributed by atoms with Gasteiger partial charge in [-0.25, -0.2) is 14.8 Å². The molecule has 0 aliphatic heterocycles. The van der Waals surface area contributed by atoms with Crippen molar-refractivity contribution >= 4 is 44.2 Å². The van der Waals surface area contributed by atoms with E-state index in [4.69, 9.17) is 9.72 Å². The van der Waals surface area contributed by atoms with Gasteiger partial charge in [0.05, 0.1) is 24.0 Å². The van der Waals surface area contributed by atoms with Gasteiger partial charge in [-0.15, -0.1) is 0 Å². The molecule has 0 atom stereocenters. The van der Waals surface area contributed by atoms with E-state index in [2.05, 4.69) is 20.9 Å². The summed E-state index contributed by atoms with van der Waals surface area (Å²) in [6.45, 7) is 1.88. The molecular weight excluding hydrogens is 380 g/mol. The number of esters is 1. The second kappa shape index (κ2) is 7.57. The molecule has 0 bridgehead atoms. The first kappa shape index (κ1) is 17.3. The van der Waals surface area contributed by atoms with Crippen LogP contribution in [0.1, 0.15) is 13.3 Å². The summed E-state index contributed by atoms with van der Waals surface area (Å²) in [5, 5.41) is 0.970. The number of hydrogen-bond donors (Lipinski definition) is 0. The van der Waals surface area contributed by atoms with E-state index in [9.17, 15) is 4.79 Å². The van der Waals surface area contributed by atoms with Crippen LogP contribution in [-0.4, -0.2) is 23.8 Å². The van der Waals surface area contributed by atoms with Gasteiger partial charge in [0.25, 0.3) is 0 Å². The van der Waals surface area contributed by atoms with E-state index in [1.807, 2.05) is 61.5 Å². The zero-order chi connectivity index (χ0) is 17.8. The van der Waals surface area contributed by atoms with E-state index in [0.717, 1.165) is 26.6 Å². The third-order valence-corrected chi connectivity index (χ3v) is 4.53. The first-order valence-corrected chi connectivity index (χ1v) is 8.73. The van der Waals surface area contributed by atoms with Gasteiger partial charge in [0.1, 0.15) is 5.71 Å². The molecule has 0 saturated carbocycles. The molecule has 0 spiro atoms. The van der Waals surface area contributed by atoms with E-state index in [0.29, 0.717) is 17.8 Å². The molecule has 4 nitrogen and oxygen atoms in total. The number of hydrogen-bond acceptors (Lipinski definition) is 4. The van der Waals surface area contributed by atoms with Crippen LogP contribution in [0, 0.1) is 0 Å². The van der Waals surface area contributed by atoms with Crippen LogP contribution in [0.2, 0.25) is 0 Å². The number of carbonyl (C=O) groups excluding carboxylic acids is 1. The van der Waals surface area contributed by atoms with Gasteiger partial charge in [0, 0.05) is 15.4 Å². The van der Waals surface area contributed by atoms with Gasteiger partial charge in [0.15, 0.2) is 0 Å². The summed E-state index contributed by atoms with van der Waals surface area (Å²) in [5.74, 6) is -0.398. The fourth-order valence-corrected chi connectivity index (χ4v) is 3.03. The molecule has 0 unspecified atom stereocenters. The standard InChI is InChI=1S/C20H17BrN2O2/c1-3-17(20(24)25-2)22-14-9-11-18-13(12-14)8-10-19(23-18)15-6-4-5-7-16(15)21/h4-12H,3H2,1-2H3. The van der Waals surface area contributed by atoms with Crippen molar-refractivity contribution in [3.63, 3.8) is 0 Å². The van der Waals surface area contributed by atoms with E-state index in [1.54, 1.807) is 0 Å². The average molecular weight is 397 g/mol. The first-order valence-electron chi connectivity index (χ1n) is 7.94. The number of fused-ring (bicyclic) bond motifs is 1. The lowest BCUT2D eigenvalue weighted by molar-refractivity contribution is -0.132. The maximum atomic E-state index is 11.7. The number of carbonyl (C=O) groups is 1. The number of halogens is 1. The molecule has 0 saturated heterocycles. The average Bonchev–Trinajstić information content (AvgIpc) is 2.65. The Morgan fingerprint density at radius 3 is 2.68 bits per heavy atom. The van der Waals surface area contributed by atoms with Gasteiger partial charge in [0.2, 0.25) is 0 Å². The molecule has 25 heavy (non-hydrogen) atoms. The number of ether oxygens (including phenoxy) is 1. The molecule has 0 N–H and O–H groups in total. The molecule has 3 rings (SSSR count). The Morgan fingerprint density at radius 2 is 1.96 bits per heavy atom. The SMILES string of the molecule is CCC(=Nc1ccc2nc(-c3ccccc3Br)ccc2c1)C(=O)OC. The Labute approximate surface area is 154 Å². The number of rotatable bonds is 4. The molecule has 2 aromatic carbocycles. The Hall–Kier alpha value is -2.53. The smallest absolute Gasteiger partial charge is 0.352 e. The van der Waals surface area contributed by atoms with E-state index >= 15 is 0 Å². The lowest BCUT2D eigenvalue weighted by atomic mass is 10.1. The number of pyridine rings is 1.